The summed E-state index contributed by atoms with van der Waals surface area (Å²) in [6.07, 6.45) is 1.94. The van der Waals surface area contributed by atoms with Gasteiger partial charge in [0.15, 0.2) is 0 Å². The van der Waals surface area contributed by atoms with Crippen LogP contribution in [0.5, 0.6) is 0 Å². The SMILES string of the molecule is CC(C)CC(N)=O.CC(C)CCC(N)=O. The van der Waals surface area contributed by atoms with Gasteiger partial charge in [-0.05, 0) is 18.3 Å². The Hall–Kier alpha value is -1.06. The number of primary amides is 2. The van der Waals surface area contributed by atoms with E-state index in [9.17, 15) is 9.59 Å². The van der Waals surface area contributed by atoms with Crippen LogP contribution in [0.15, 0.2) is 0 Å². The Labute approximate surface area is 92.4 Å². The fourth-order valence-electron chi connectivity index (χ4n) is 0.833. The summed E-state index contributed by atoms with van der Waals surface area (Å²) in [4.78, 5) is 20.2. The van der Waals surface area contributed by atoms with Crippen LogP contribution < -0.4 is 11.5 Å². The van der Waals surface area contributed by atoms with Crippen LogP contribution in [0.4, 0.5) is 0 Å². The lowest BCUT2D eigenvalue weighted by Crippen LogP contribution is -2.12. The molecule has 15 heavy (non-hydrogen) atoms. The van der Waals surface area contributed by atoms with E-state index in [1.54, 1.807) is 0 Å². The average molecular weight is 216 g/mol. The van der Waals surface area contributed by atoms with E-state index < -0.39 is 0 Å². The molecule has 90 valence electrons. The molecular formula is C11H24N2O2. The van der Waals surface area contributed by atoms with Gasteiger partial charge < -0.3 is 11.5 Å². The zero-order valence-corrected chi connectivity index (χ0v) is 10.2. The van der Waals surface area contributed by atoms with E-state index >= 15 is 0 Å². The van der Waals surface area contributed by atoms with Crippen molar-refractivity contribution in [1.82, 2.24) is 0 Å². The van der Waals surface area contributed by atoms with Gasteiger partial charge in [0.25, 0.3) is 0 Å². The third-order valence-electron chi connectivity index (χ3n) is 1.58. The molecule has 0 radical (unpaired) electrons. The highest BCUT2D eigenvalue weighted by molar-refractivity contribution is 5.74. The minimum Gasteiger partial charge on any atom is -0.370 e. The number of rotatable bonds is 5. The molecule has 0 aromatic heterocycles. The Balaban J connectivity index is 0. The Morgan fingerprint density at radius 1 is 0.933 bits per heavy atom. The summed E-state index contributed by atoms with van der Waals surface area (Å²) < 4.78 is 0. The summed E-state index contributed by atoms with van der Waals surface area (Å²) in [7, 11) is 0. The molecule has 0 aliphatic carbocycles. The zero-order chi connectivity index (χ0) is 12.4. The Bertz CT molecular complexity index is 189. The van der Waals surface area contributed by atoms with Crippen LogP contribution in [0.3, 0.4) is 0 Å². The van der Waals surface area contributed by atoms with Gasteiger partial charge in [0, 0.05) is 12.8 Å². The van der Waals surface area contributed by atoms with E-state index in [0.717, 1.165) is 6.42 Å². The Kier molecular flexibility index (Phi) is 10.4. The highest BCUT2D eigenvalue weighted by atomic mass is 16.1. The van der Waals surface area contributed by atoms with Crippen molar-refractivity contribution in [2.24, 2.45) is 23.3 Å². The van der Waals surface area contributed by atoms with Crippen molar-refractivity contribution < 1.29 is 9.59 Å². The third-order valence-corrected chi connectivity index (χ3v) is 1.58. The monoisotopic (exact) mass is 216 g/mol. The molecule has 0 unspecified atom stereocenters. The van der Waals surface area contributed by atoms with Crippen LogP contribution in [0, 0.1) is 11.8 Å². The predicted octanol–water partition coefficient (Wildman–Crippen LogP) is 1.43. The van der Waals surface area contributed by atoms with Crippen molar-refractivity contribution in [1.29, 1.82) is 0 Å². The second-order valence-electron chi connectivity index (χ2n) is 4.46. The minimum atomic E-state index is -0.213. The molecule has 4 N–H and O–H groups in total. The van der Waals surface area contributed by atoms with Crippen LogP contribution in [0.1, 0.15) is 47.0 Å². The highest BCUT2D eigenvalue weighted by Crippen LogP contribution is 2.01. The second-order valence-corrected chi connectivity index (χ2v) is 4.46. The minimum absolute atomic E-state index is 0.196. The molecule has 0 aromatic carbocycles. The first-order valence-corrected chi connectivity index (χ1v) is 5.32. The van der Waals surface area contributed by atoms with E-state index in [-0.39, 0.29) is 11.8 Å². The molecule has 2 amide bonds. The Morgan fingerprint density at radius 3 is 1.47 bits per heavy atom. The number of nitrogens with two attached hydrogens (primary N) is 2. The quantitative estimate of drug-likeness (QED) is 0.728. The smallest absolute Gasteiger partial charge is 0.217 e. The average Bonchev–Trinajstić information content (AvgIpc) is 1.99. The van der Waals surface area contributed by atoms with E-state index in [2.05, 4.69) is 13.8 Å². The molecule has 0 saturated heterocycles. The molecule has 0 spiro atoms. The third kappa shape index (κ3) is 24.6. The van der Waals surface area contributed by atoms with E-state index in [4.69, 9.17) is 11.5 Å². The molecule has 0 aliphatic rings. The maximum atomic E-state index is 10.1. The van der Waals surface area contributed by atoms with Gasteiger partial charge in [-0.25, -0.2) is 0 Å². The summed E-state index contributed by atoms with van der Waals surface area (Å²) in [5.74, 6) is 0.578. The van der Waals surface area contributed by atoms with Gasteiger partial charge in [-0.1, -0.05) is 27.7 Å². The maximum Gasteiger partial charge on any atom is 0.217 e. The number of carbonyl (C=O) groups excluding carboxylic acids is 2. The molecule has 0 fully saturated rings. The summed E-state index contributed by atoms with van der Waals surface area (Å²) >= 11 is 0. The van der Waals surface area contributed by atoms with Gasteiger partial charge in [-0.2, -0.15) is 0 Å². The first kappa shape index (κ1) is 16.4. The van der Waals surface area contributed by atoms with E-state index in [0.29, 0.717) is 24.7 Å². The molecule has 0 bridgehead atoms. The fourth-order valence-corrected chi connectivity index (χ4v) is 0.833. The van der Waals surface area contributed by atoms with Crippen LogP contribution >= 0.6 is 0 Å². The van der Waals surface area contributed by atoms with E-state index in [1.807, 2.05) is 13.8 Å². The maximum absolute atomic E-state index is 10.1. The first-order chi connectivity index (χ1) is 6.75. The molecule has 4 heteroatoms. The van der Waals surface area contributed by atoms with Gasteiger partial charge in [0.2, 0.25) is 11.8 Å². The lowest BCUT2D eigenvalue weighted by molar-refractivity contribution is -0.119. The van der Waals surface area contributed by atoms with Crippen molar-refractivity contribution in [2.75, 3.05) is 0 Å². The van der Waals surface area contributed by atoms with Crippen LogP contribution in [-0.4, -0.2) is 11.8 Å². The summed E-state index contributed by atoms with van der Waals surface area (Å²) in [5.41, 5.74) is 9.76. The van der Waals surface area contributed by atoms with E-state index in [1.165, 1.54) is 0 Å². The lowest BCUT2D eigenvalue weighted by Gasteiger charge is -1.98. The van der Waals surface area contributed by atoms with Gasteiger partial charge >= 0.3 is 0 Å². The van der Waals surface area contributed by atoms with Gasteiger partial charge in [0.1, 0.15) is 0 Å². The van der Waals surface area contributed by atoms with Gasteiger partial charge in [0.05, 0.1) is 0 Å². The van der Waals surface area contributed by atoms with Crippen LogP contribution in [0.2, 0.25) is 0 Å². The lowest BCUT2D eigenvalue weighted by atomic mass is 10.1. The topological polar surface area (TPSA) is 86.2 Å². The molecule has 0 aliphatic heterocycles. The first-order valence-electron chi connectivity index (χ1n) is 5.32. The van der Waals surface area contributed by atoms with Crippen LogP contribution in [-0.2, 0) is 9.59 Å². The van der Waals surface area contributed by atoms with Gasteiger partial charge in [-0.3, -0.25) is 9.59 Å². The number of hydrogen-bond donors (Lipinski definition) is 2. The number of hydrogen-bond acceptors (Lipinski definition) is 2. The second kappa shape index (κ2) is 9.49. The van der Waals surface area contributed by atoms with Crippen molar-refractivity contribution in [3.05, 3.63) is 0 Å². The zero-order valence-electron chi connectivity index (χ0n) is 10.2. The number of amides is 2. The summed E-state index contributed by atoms with van der Waals surface area (Å²) in [5, 5.41) is 0. The predicted molar refractivity (Wildman–Crippen MR) is 61.9 cm³/mol. The van der Waals surface area contributed by atoms with Crippen molar-refractivity contribution in [2.45, 2.75) is 47.0 Å². The molecular weight excluding hydrogens is 192 g/mol. The molecule has 0 rings (SSSR count). The van der Waals surface area contributed by atoms with Crippen molar-refractivity contribution in [3.63, 3.8) is 0 Å². The molecule has 4 nitrogen and oxygen atoms in total. The summed E-state index contributed by atoms with van der Waals surface area (Å²) in [6.45, 7) is 8.07. The normalized spacial score (nSPS) is 9.73. The molecule has 0 heterocycles. The molecule has 0 atom stereocenters. The fraction of sp³-hybridized carbons (Fsp3) is 0.818. The van der Waals surface area contributed by atoms with Crippen molar-refractivity contribution in [3.8, 4) is 0 Å². The van der Waals surface area contributed by atoms with Crippen molar-refractivity contribution >= 4 is 11.8 Å². The van der Waals surface area contributed by atoms with Crippen LogP contribution in [0.25, 0.3) is 0 Å². The summed E-state index contributed by atoms with van der Waals surface area (Å²) in [6, 6.07) is 0. The standard InChI is InChI=1S/C6H13NO.C5H11NO/c1-5(2)3-4-6(7)8;1-4(2)3-5(6)7/h5H,3-4H2,1-2H3,(H2,7,8);4H,3H2,1-2H3,(H2,6,7). The number of carbonyl (C=O) groups is 2. The largest absolute Gasteiger partial charge is 0.370 e. The van der Waals surface area contributed by atoms with Gasteiger partial charge in [-0.15, -0.1) is 0 Å². The molecule has 0 aromatic rings. The highest BCUT2D eigenvalue weighted by Gasteiger charge is 1.96. The molecule has 0 saturated carbocycles. The Morgan fingerprint density at radius 2 is 1.40 bits per heavy atom.